The summed E-state index contributed by atoms with van der Waals surface area (Å²) >= 11 is 0. The first-order valence-electron chi connectivity index (χ1n) is 10.2. The van der Waals surface area contributed by atoms with Crippen molar-refractivity contribution in [3.63, 3.8) is 0 Å². The van der Waals surface area contributed by atoms with E-state index in [1.54, 1.807) is 0 Å². The maximum absolute atomic E-state index is 13.7. The van der Waals surface area contributed by atoms with Crippen LogP contribution in [0.15, 0.2) is 48.5 Å². The van der Waals surface area contributed by atoms with Crippen LogP contribution in [0.25, 0.3) is 11.1 Å². The number of fused-ring (bicyclic) bond motifs is 3. The summed E-state index contributed by atoms with van der Waals surface area (Å²) in [5.41, 5.74) is 2.88. The fourth-order valence-corrected chi connectivity index (χ4v) is 4.53. The van der Waals surface area contributed by atoms with Crippen LogP contribution in [0.3, 0.4) is 0 Å². The minimum absolute atomic E-state index is 0.0213. The van der Waals surface area contributed by atoms with Gasteiger partial charge in [-0.2, -0.15) is 0 Å². The van der Waals surface area contributed by atoms with E-state index in [0.29, 0.717) is 0 Å². The first-order valence-corrected chi connectivity index (χ1v) is 10.2. The number of esters is 1. The molecule has 0 bridgehead atoms. The van der Waals surface area contributed by atoms with Gasteiger partial charge < -0.3 is 4.74 Å². The van der Waals surface area contributed by atoms with E-state index in [1.165, 1.54) is 0 Å². The zero-order valence-electron chi connectivity index (χ0n) is 18.6. The second kappa shape index (κ2) is 6.47. The molecule has 1 aliphatic rings. The predicted molar refractivity (Wildman–Crippen MR) is 116 cm³/mol. The van der Waals surface area contributed by atoms with Gasteiger partial charge in [0.2, 0.25) is 0 Å². The molecule has 0 spiro atoms. The fourth-order valence-electron chi connectivity index (χ4n) is 4.53. The van der Waals surface area contributed by atoms with Crippen molar-refractivity contribution < 1.29 is 9.53 Å². The Morgan fingerprint density at radius 2 is 1.25 bits per heavy atom. The lowest BCUT2D eigenvalue weighted by atomic mass is 9.61. The summed E-state index contributed by atoms with van der Waals surface area (Å²) in [6.07, 6.45) is 0.766. The second-order valence-corrected chi connectivity index (χ2v) is 10.8. The van der Waals surface area contributed by atoms with Gasteiger partial charge in [-0.25, -0.2) is 0 Å². The van der Waals surface area contributed by atoms with Crippen LogP contribution < -0.4 is 0 Å². The second-order valence-electron chi connectivity index (χ2n) is 10.8. The van der Waals surface area contributed by atoms with Gasteiger partial charge in [-0.1, -0.05) is 90.1 Å². The molecule has 150 valence electrons. The average molecular weight is 379 g/mol. The molecule has 0 fully saturated rings. The summed E-state index contributed by atoms with van der Waals surface area (Å²) in [5.74, 6) is -0.121. The van der Waals surface area contributed by atoms with Crippen LogP contribution in [0.4, 0.5) is 0 Å². The molecule has 28 heavy (non-hydrogen) atoms. The van der Waals surface area contributed by atoms with E-state index in [4.69, 9.17) is 4.74 Å². The van der Waals surface area contributed by atoms with Crippen LogP contribution in [-0.4, -0.2) is 5.97 Å². The number of carbonyl (C=O) groups excluding carboxylic acids is 1. The Morgan fingerprint density at radius 3 is 1.64 bits per heavy atom. The van der Waals surface area contributed by atoms with Crippen LogP contribution in [-0.2, 0) is 15.1 Å². The minimum Gasteiger partial charge on any atom is -0.449 e. The third-order valence-electron chi connectivity index (χ3n) is 6.46. The number of benzene rings is 2. The van der Waals surface area contributed by atoms with Gasteiger partial charge in [0.25, 0.3) is 0 Å². The van der Waals surface area contributed by atoms with Crippen LogP contribution in [0.1, 0.15) is 72.9 Å². The number of carbonyl (C=O) groups is 1. The molecule has 0 saturated carbocycles. The van der Waals surface area contributed by atoms with Crippen molar-refractivity contribution in [1.29, 1.82) is 0 Å². The molecule has 0 radical (unpaired) electrons. The summed E-state index contributed by atoms with van der Waals surface area (Å²) in [4.78, 5) is 13.7. The van der Waals surface area contributed by atoms with Crippen molar-refractivity contribution >= 4 is 5.97 Å². The Hall–Kier alpha value is -2.09. The van der Waals surface area contributed by atoms with E-state index >= 15 is 0 Å². The van der Waals surface area contributed by atoms with Gasteiger partial charge in [0.1, 0.15) is 0 Å². The lowest BCUT2D eigenvalue weighted by Crippen LogP contribution is -2.46. The summed E-state index contributed by atoms with van der Waals surface area (Å²) in [6, 6.07) is 16.5. The summed E-state index contributed by atoms with van der Waals surface area (Å²) in [6.45, 7) is 17.1. The standard InChI is InChI=1S/C26H34O2/c1-23(2,3)17-25(7,24(4,5)6)22(27)28-26(8)20-15-11-9-13-18(20)19-14-10-12-16-21(19)26/h9-16H,17H2,1-8H3. The van der Waals surface area contributed by atoms with Crippen molar-refractivity contribution in [3.8, 4) is 11.1 Å². The topological polar surface area (TPSA) is 26.3 Å². The van der Waals surface area contributed by atoms with Gasteiger partial charge in [0, 0.05) is 11.1 Å². The number of rotatable bonds is 3. The van der Waals surface area contributed by atoms with E-state index in [9.17, 15) is 4.79 Å². The molecule has 1 atom stereocenters. The average Bonchev–Trinajstić information content (AvgIpc) is 2.82. The molecule has 1 aliphatic carbocycles. The quantitative estimate of drug-likeness (QED) is 0.539. The maximum atomic E-state index is 13.7. The number of hydrogen-bond donors (Lipinski definition) is 0. The lowest BCUT2D eigenvalue weighted by Gasteiger charge is -2.45. The first kappa shape index (κ1) is 20.6. The summed E-state index contributed by atoms with van der Waals surface area (Å²) < 4.78 is 6.45. The monoisotopic (exact) mass is 378 g/mol. The molecule has 3 rings (SSSR count). The highest BCUT2D eigenvalue weighted by molar-refractivity contribution is 5.84. The van der Waals surface area contributed by atoms with Crippen molar-refractivity contribution in [1.82, 2.24) is 0 Å². The van der Waals surface area contributed by atoms with Crippen LogP contribution in [0, 0.1) is 16.2 Å². The third kappa shape index (κ3) is 3.27. The van der Waals surface area contributed by atoms with Gasteiger partial charge in [0.15, 0.2) is 5.60 Å². The molecular weight excluding hydrogens is 344 g/mol. The molecule has 0 amide bonds. The Morgan fingerprint density at radius 1 is 0.821 bits per heavy atom. The zero-order chi connectivity index (χ0) is 21.0. The molecule has 0 heterocycles. The molecule has 1 unspecified atom stereocenters. The summed E-state index contributed by atoms with van der Waals surface area (Å²) in [7, 11) is 0. The molecule has 2 heteroatoms. The molecular formula is C26H34O2. The molecule has 2 nitrogen and oxygen atoms in total. The highest BCUT2D eigenvalue weighted by atomic mass is 16.6. The highest BCUT2D eigenvalue weighted by Gasteiger charge is 2.51. The number of ether oxygens (including phenoxy) is 1. The van der Waals surface area contributed by atoms with Crippen molar-refractivity contribution in [2.45, 2.75) is 67.4 Å². The van der Waals surface area contributed by atoms with E-state index in [2.05, 4.69) is 72.7 Å². The van der Waals surface area contributed by atoms with Gasteiger partial charge in [-0.15, -0.1) is 0 Å². The Balaban J connectivity index is 2.08. The number of hydrogen-bond acceptors (Lipinski definition) is 2. The zero-order valence-corrected chi connectivity index (χ0v) is 18.6. The van der Waals surface area contributed by atoms with Gasteiger partial charge in [0.05, 0.1) is 5.41 Å². The van der Waals surface area contributed by atoms with E-state index in [0.717, 1.165) is 28.7 Å². The summed E-state index contributed by atoms with van der Waals surface area (Å²) in [5, 5.41) is 0. The largest absolute Gasteiger partial charge is 0.449 e. The molecule has 0 aliphatic heterocycles. The molecule has 2 aromatic rings. The van der Waals surface area contributed by atoms with Crippen LogP contribution in [0.5, 0.6) is 0 Å². The Bertz CT molecular complexity index is 850. The van der Waals surface area contributed by atoms with Crippen LogP contribution >= 0.6 is 0 Å². The first-order chi connectivity index (χ1) is 12.8. The highest BCUT2D eigenvalue weighted by Crippen LogP contribution is 2.53. The van der Waals surface area contributed by atoms with E-state index in [-0.39, 0.29) is 16.8 Å². The molecule has 0 N–H and O–H groups in total. The normalized spacial score (nSPS) is 17.4. The lowest BCUT2D eigenvalue weighted by molar-refractivity contribution is -0.176. The smallest absolute Gasteiger partial charge is 0.313 e. The van der Waals surface area contributed by atoms with Crippen molar-refractivity contribution in [3.05, 3.63) is 59.7 Å². The van der Waals surface area contributed by atoms with E-state index < -0.39 is 11.0 Å². The third-order valence-corrected chi connectivity index (χ3v) is 6.46. The SMILES string of the molecule is CC(C)(C)CC(C)(C(=O)OC1(C)c2ccccc2-c2ccccc21)C(C)(C)C. The van der Waals surface area contributed by atoms with Gasteiger partial charge in [-0.05, 0) is 42.2 Å². The Kier molecular flexibility index (Phi) is 4.77. The minimum atomic E-state index is -0.769. The van der Waals surface area contributed by atoms with Crippen LogP contribution in [0.2, 0.25) is 0 Å². The van der Waals surface area contributed by atoms with Gasteiger partial charge >= 0.3 is 5.97 Å². The van der Waals surface area contributed by atoms with E-state index in [1.807, 2.05) is 31.2 Å². The van der Waals surface area contributed by atoms with Crippen molar-refractivity contribution in [2.75, 3.05) is 0 Å². The molecule has 0 aromatic heterocycles. The molecule has 2 aromatic carbocycles. The maximum Gasteiger partial charge on any atom is 0.313 e. The predicted octanol–water partition coefficient (Wildman–Crippen LogP) is 6.96. The Labute approximate surface area is 170 Å². The van der Waals surface area contributed by atoms with Gasteiger partial charge in [-0.3, -0.25) is 4.79 Å². The molecule has 0 saturated heterocycles. The fraction of sp³-hybridized carbons (Fsp3) is 0.500. The van der Waals surface area contributed by atoms with Crippen molar-refractivity contribution in [2.24, 2.45) is 16.2 Å².